The maximum Gasteiger partial charge on any atom is 0.0595 e. The van der Waals surface area contributed by atoms with E-state index in [1.807, 2.05) is 18.2 Å². The molecule has 0 saturated heterocycles. The van der Waals surface area contributed by atoms with Gasteiger partial charge in [-0.2, -0.15) is 0 Å². The van der Waals surface area contributed by atoms with Gasteiger partial charge < -0.3 is 5.32 Å². The fraction of sp³-hybridized carbons (Fsp3) is 0.111. The van der Waals surface area contributed by atoms with Crippen molar-refractivity contribution in [1.82, 2.24) is 0 Å². The molecule has 4 rings (SSSR count). The van der Waals surface area contributed by atoms with E-state index in [9.17, 15) is 0 Å². The van der Waals surface area contributed by atoms with Gasteiger partial charge in [0.05, 0.1) is 16.1 Å². The van der Waals surface area contributed by atoms with E-state index in [0.29, 0.717) is 10.0 Å². The highest BCUT2D eigenvalue weighted by atomic mass is 35.5. The van der Waals surface area contributed by atoms with Crippen LogP contribution in [0.5, 0.6) is 0 Å². The molecule has 1 nitrogen and oxygen atoms in total. The van der Waals surface area contributed by atoms with E-state index >= 15 is 0 Å². The molecule has 0 amide bonds. The first-order valence-electron chi connectivity index (χ1n) is 6.94. The van der Waals surface area contributed by atoms with Crippen molar-refractivity contribution < 1.29 is 0 Å². The first kappa shape index (κ1) is 13.0. The van der Waals surface area contributed by atoms with Crippen LogP contribution in [-0.2, 0) is 6.42 Å². The monoisotopic (exact) mass is 313 g/mol. The highest BCUT2D eigenvalue weighted by molar-refractivity contribution is 6.42. The summed E-state index contributed by atoms with van der Waals surface area (Å²) in [4.78, 5) is 0. The SMILES string of the molecule is Clc1ccc(C2Cc3ccc4ccccc4c3N2)cc1Cl. The van der Waals surface area contributed by atoms with Crippen LogP contribution in [0.3, 0.4) is 0 Å². The Hall–Kier alpha value is -1.70. The average Bonchev–Trinajstić information content (AvgIpc) is 2.94. The Morgan fingerprint density at radius 1 is 0.905 bits per heavy atom. The van der Waals surface area contributed by atoms with Gasteiger partial charge in [-0.1, -0.05) is 65.7 Å². The van der Waals surface area contributed by atoms with Crippen molar-refractivity contribution >= 4 is 39.7 Å². The van der Waals surface area contributed by atoms with E-state index in [1.54, 1.807) is 0 Å². The van der Waals surface area contributed by atoms with Crippen LogP contribution in [0.2, 0.25) is 10.0 Å². The van der Waals surface area contributed by atoms with Crippen LogP contribution < -0.4 is 5.32 Å². The average molecular weight is 314 g/mol. The molecule has 1 unspecified atom stereocenters. The third-order valence-electron chi connectivity index (χ3n) is 4.10. The first-order valence-corrected chi connectivity index (χ1v) is 7.70. The Balaban J connectivity index is 1.76. The molecule has 1 atom stereocenters. The van der Waals surface area contributed by atoms with Crippen molar-refractivity contribution in [2.45, 2.75) is 12.5 Å². The van der Waals surface area contributed by atoms with E-state index in [4.69, 9.17) is 23.2 Å². The minimum Gasteiger partial charge on any atom is -0.377 e. The second-order valence-corrected chi connectivity index (χ2v) is 6.21. The van der Waals surface area contributed by atoms with Crippen LogP contribution in [0, 0.1) is 0 Å². The zero-order valence-electron chi connectivity index (χ0n) is 11.2. The third kappa shape index (κ3) is 2.17. The summed E-state index contributed by atoms with van der Waals surface area (Å²) in [6.45, 7) is 0. The summed E-state index contributed by atoms with van der Waals surface area (Å²) < 4.78 is 0. The van der Waals surface area contributed by atoms with Gasteiger partial charge in [0.15, 0.2) is 0 Å². The summed E-state index contributed by atoms with van der Waals surface area (Å²) in [5.41, 5.74) is 3.76. The number of fused-ring (bicyclic) bond motifs is 3. The van der Waals surface area contributed by atoms with Gasteiger partial charge in [0, 0.05) is 11.1 Å². The van der Waals surface area contributed by atoms with Crippen molar-refractivity contribution in [1.29, 1.82) is 0 Å². The topological polar surface area (TPSA) is 12.0 Å². The number of halogens is 2. The highest BCUT2D eigenvalue weighted by Gasteiger charge is 2.23. The predicted octanol–water partition coefficient (Wildman–Crippen LogP) is 5.86. The molecular weight excluding hydrogens is 301 g/mol. The third-order valence-corrected chi connectivity index (χ3v) is 4.84. The minimum atomic E-state index is 0.251. The molecule has 1 aliphatic rings. The molecule has 3 aromatic carbocycles. The lowest BCUT2D eigenvalue weighted by molar-refractivity contribution is 0.824. The molecule has 0 spiro atoms. The highest BCUT2D eigenvalue weighted by Crippen LogP contribution is 2.40. The number of benzene rings is 3. The summed E-state index contributed by atoms with van der Waals surface area (Å²) in [6.07, 6.45) is 0.970. The summed E-state index contributed by atoms with van der Waals surface area (Å²) in [7, 11) is 0. The summed E-state index contributed by atoms with van der Waals surface area (Å²) in [5, 5.41) is 7.38. The lowest BCUT2D eigenvalue weighted by Crippen LogP contribution is -2.05. The maximum absolute atomic E-state index is 6.14. The molecule has 21 heavy (non-hydrogen) atoms. The minimum absolute atomic E-state index is 0.251. The lowest BCUT2D eigenvalue weighted by atomic mass is 10.0. The second-order valence-electron chi connectivity index (χ2n) is 5.40. The van der Waals surface area contributed by atoms with E-state index in [2.05, 4.69) is 41.7 Å². The van der Waals surface area contributed by atoms with Crippen LogP contribution in [0.15, 0.2) is 54.6 Å². The van der Waals surface area contributed by atoms with Gasteiger partial charge in [-0.05, 0) is 35.1 Å². The number of hydrogen-bond donors (Lipinski definition) is 1. The van der Waals surface area contributed by atoms with Crippen molar-refractivity contribution in [2.75, 3.05) is 5.32 Å². The van der Waals surface area contributed by atoms with Gasteiger partial charge in [0.1, 0.15) is 0 Å². The normalized spacial score (nSPS) is 16.8. The Kier molecular flexibility index (Phi) is 3.06. The van der Waals surface area contributed by atoms with Crippen molar-refractivity contribution in [3.63, 3.8) is 0 Å². The standard InChI is InChI=1S/C18H13Cl2N/c19-15-8-7-12(9-16(15)20)17-10-13-6-5-11-3-1-2-4-14(11)18(13)21-17/h1-9,17,21H,10H2. The molecule has 1 heterocycles. The van der Waals surface area contributed by atoms with Crippen molar-refractivity contribution in [3.8, 4) is 0 Å². The Labute approximate surface area is 133 Å². The van der Waals surface area contributed by atoms with Crippen LogP contribution in [0.1, 0.15) is 17.2 Å². The summed E-state index contributed by atoms with van der Waals surface area (Å²) >= 11 is 12.1. The van der Waals surface area contributed by atoms with Gasteiger partial charge in [-0.25, -0.2) is 0 Å². The molecule has 3 aromatic rings. The van der Waals surface area contributed by atoms with E-state index in [-0.39, 0.29) is 6.04 Å². The number of rotatable bonds is 1. The molecule has 1 aliphatic heterocycles. The number of hydrogen-bond acceptors (Lipinski definition) is 1. The van der Waals surface area contributed by atoms with Crippen LogP contribution in [-0.4, -0.2) is 0 Å². The lowest BCUT2D eigenvalue weighted by Gasteiger charge is -2.13. The molecule has 0 bridgehead atoms. The smallest absolute Gasteiger partial charge is 0.0595 e. The number of nitrogens with one attached hydrogen (secondary N) is 1. The van der Waals surface area contributed by atoms with Gasteiger partial charge >= 0.3 is 0 Å². The van der Waals surface area contributed by atoms with E-state index < -0.39 is 0 Å². The zero-order valence-corrected chi connectivity index (χ0v) is 12.7. The van der Waals surface area contributed by atoms with Crippen LogP contribution >= 0.6 is 23.2 Å². The molecule has 104 valence electrons. The molecule has 0 radical (unpaired) electrons. The molecule has 0 fully saturated rings. The maximum atomic E-state index is 6.14. The van der Waals surface area contributed by atoms with E-state index in [0.717, 1.165) is 6.42 Å². The Morgan fingerprint density at radius 3 is 2.62 bits per heavy atom. The summed E-state index contributed by atoms with van der Waals surface area (Å²) in [6, 6.07) is 19.0. The zero-order chi connectivity index (χ0) is 14.4. The van der Waals surface area contributed by atoms with Crippen molar-refractivity contribution in [3.05, 3.63) is 75.8 Å². The molecular formula is C18H13Cl2N. The van der Waals surface area contributed by atoms with Gasteiger partial charge in [-0.15, -0.1) is 0 Å². The fourth-order valence-corrected chi connectivity index (χ4v) is 3.34. The fourth-order valence-electron chi connectivity index (χ4n) is 3.03. The molecule has 3 heteroatoms. The van der Waals surface area contributed by atoms with E-state index in [1.165, 1.54) is 27.6 Å². The van der Waals surface area contributed by atoms with Gasteiger partial charge in [0.25, 0.3) is 0 Å². The predicted molar refractivity (Wildman–Crippen MR) is 90.5 cm³/mol. The largest absolute Gasteiger partial charge is 0.377 e. The molecule has 0 aliphatic carbocycles. The van der Waals surface area contributed by atoms with Gasteiger partial charge in [0.2, 0.25) is 0 Å². The molecule has 0 aromatic heterocycles. The first-order chi connectivity index (χ1) is 10.2. The summed E-state index contributed by atoms with van der Waals surface area (Å²) in [5.74, 6) is 0. The number of anilines is 1. The quantitative estimate of drug-likeness (QED) is 0.593. The van der Waals surface area contributed by atoms with Gasteiger partial charge in [-0.3, -0.25) is 0 Å². The Morgan fingerprint density at radius 2 is 1.76 bits per heavy atom. The molecule has 0 saturated carbocycles. The van der Waals surface area contributed by atoms with Crippen LogP contribution in [0.4, 0.5) is 5.69 Å². The van der Waals surface area contributed by atoms with Crippen LogP contribution in [0.25, 0.3) is 10.8 Å². The molecule has 1 N–H and O–H groups in total. The van der Waals surface area contributed by atoms with Crippen molar-refractivity contribution in [2.24, 2.45) is 0 Å². The Bertz CT molecular complexity index is 842. The second kappa shape index (κ2) is 4.94.